The zero-order chi connectivity index (χ0) is 59.8. The summed E-state index contributed by atoms with van der Waals surface area (Å²) in [5.74, 6) is -0.880. The Morgan fingerprint density at radius 2 is 1.44 bits per heavy atom. The van der Waals surface area contributed by atoms with Crippen molar-refractivity contribution in [3.8, 4) is 0 Å². The van der Waals surface area contributed by atoms with Crippen LogP contribution < -0.4 is 0 Å². The minimum atomic E-state index is -1.88. The maximum atomic E-state index is 14.8. The molecular formula is C59H94O23. The summed E-state index contributed by atoms with van der Waals surface area (Å²) in [7, 11) is 1.27. The van der Waals surface area contributed by atoms with E-state index in [9.17, 15) is 55.5 Å². The minimum absolute atomic E-state index is 0.0593. The molecule has 5 heterocycles. The smallest absolute Gasteiger partial charge is 0.314 e. The number of rotatable bonds is 18. The van der Waals surface area contributed by atoms with Crippen LogP contribution in [0.2, 0.25) is 0 Å². The van der Waals surface area contributed by atoms with Crippen LogP contribution in [0.3, 0.4) is 0 Å². The second-order valence-electron chi connectivity index (χ2n) is 26.7. The van der Waals surface area contributed by atoms with Crippen molar-refractivity contribution in [2.24, 2.45) is 39.4 Å². The molecule has 0 aromatic heterocycles. The summed E-state index contributed by atoms with van der Waals surface area (Å²) < 4.78 is 72.4. The Morgan fingerprint density at radius 1 is 0.780 bits per heavy atom. The quantitative estimate of drug-likeness (QED) is 0.0535. The van der Waals surface area contributed by atoms with Gasteiger partial charge in [0.1, 0.15) is 91.1 Å². The molecule has 82 heavy (non-hydrogen) atoms. The van der Waals surface area contributed by atoms with Crippen LogP contribution in [0.5, 0.6) is 0 Å². The van der Waals surface area contributed by atoms with Crippen LogP contribution in [-0.4, -0.2) is 225 Å². The third kappa shape index (κ3) is 11.2. The highest BCUT2D eigenvalue weighted by Gasteiger charge is 2.79. The highest BCUT2D eigenvalue weighted by atomic mass is 16.8. The molecule has 3 saturated carbocycles. The van der Waals surface area contributed by atoms with Crippen LogP contribution in [-0.2, 0) is 66.4 Å². The molecule has 0 unspecified atom stereocenters. The molecule has 4 aliphatic carbocycles. The van der Waals surface area contributed by atoms with E-state index in [0.717, 1.165) is 25.7 Å². The molecule has 23 heteroatoms. The Labute approximate surface area is 480 Å². The number of allylic oxidation sites excluding steroid dienone is 2. The van der Waals surface area contributed by atoms with Crippen LogP contribution >= 0.6 is 0 Å². The molecule has 9 rings (SSSR count). The second kappa shape index (κ2) is 24.3. The first-order chi connectivity index (χ1) is 38.5. The number of ether oxygens (including phenoxy) is 12. The monoisotopic (exact) mass is 1170 g/mol. The standard InChI is InChI=1S/C59H94O23/c1-12-13-23-74-54(4,5)19-14-20-58(10)48-34(76-29(3)61)24-57(9)31-15-16-36-55(6,7)37(18-21-56(36,8)30(31)17-22-59(48,57)53(70)82-58)78-52-47(38(64)32(62)26-73-52)81-50-41(67)40(66)44(28(2)75-50)79-51-43(69)46(39(65)35(25-60)77-51)80-49-42(68)45(71-11)33(63)27-72-49/h14-15,19,28,30,32-52,60,62-69H,12-13,16-18,20-27H2,1-11H3/b19-14+/t28-,30-,32-,33-,34+,35-,36+,37+,38+,39-,40-,41-,42-,43-,44-,45+,46+,47-,48-,49+,50+,51+,52+,56-,57+,58+,59-/m1/s1. The Kier molecular flexibility index (Phi) is 19.0. The average Bonchev–Trinajstić information content (AvgIpc) is 4.05. The predicted molar refractivity (Wildman–Crippen MR) is 285 cm³/mol. The van der Waals surface area contributed by atoms with E-state index >= 15 is 0 Å². The zero-order valence-corrected chi connectivity index (χ0v) is 49.4. The summed E-state index contributed by atoms with van der Waals surface area (Å²) in [5, 5.41) is 99.4. The number of carbonyl (C=O) groups excluding carboxylic acids is 2. The predicted octanol–water partition coefficient (Wildman–Crippen LogP) is 1.59. The number of cyclic esters (lactones) is 1. The zero-order valence-electron chi connectivity index (χ0n) is 49.4. The van der Waals surface area contributed by atoms with Gasteiger partial charge in [0.15, 0.2) is 25.2 Å². The molecule has 0 amide bonds. The SMILES string of the molecule is CCCCOC(C)(C)/C=C/C[C@]1(C)OC(=O)[C@]23CC[C@@H]4C(=CC[C@H]5C(C)(C)[C@@H](O[C@@H]6OC[C@@H](O)[C@H](O)[C@H]6O[C@@H]6O[C@H](C)[C@@H](O[C@@H]7O[C@H](CO)[C@@H](O)[C@H](O[C@@H]8OC[C@@H](O)[C@H](OC)[C@H]8O)[C@H]7O)[C@H](O)[C@H]6O)CC[C@]45C)[C@]2(C)C[C@H](OC(C)=O)[C@@H]31. The van der Waals surface area contributed by atoms with Crippen molar-refractivity contribution in [2.45, 2.75) is 261 Å². The lowest BCUT2D eigenvalue weighted by Gasteiger charge is -2.63. The molecule has 0 bridgehead atoms. The molecule has 9 aliphatic rings. The number of hydrogen-bond donors (Lipinski definition) is 9. The van der Waals surface area contributed by atoms with Crippen molar-refractivity contribution < 1.29 is 112 Å². The van der Waals surface area contributed by atoms with Gasteiger partial charge in [-0.1, -0.05) is 64.8 Å². The number of aliphatic hydroxyl groups is 9. The van der Waals surface area contributed by atoms with E-state index in [4.69, 9.17) is 56.8 Å². The van der Waals surface area contributed by atoms with E-state index in [1.54, 1.807) is 0 Å². The number of fused-ring (bicyclic) bond motifs is 4. The molecule has 9 N–H and O–H groups in total. The molecule has 468 valence electrons. The summed E-state index contributed by atoms with van der Waals surface area (Å²) in [6.45, 7) is 19.2. The van der Waals surface area contributed by atoms with Crippen molar-refractivity contribution in [3.05, 3.63) is 23.8 Å². The summed E-state index contributed by atoms with van der Waals surface area (Å²) in [4.78, 5) is 27.7. The number of methoxy groups -OCH3 is 1. The highest BCUT2D eigenvalue weighted by molar-refractivity contribution is 5.84. The van der Waals surface area contributed by atoms with Gasteiger partial charge in [-0.15, -0.1) is 0 Å². The largest absolute Gasteiger partial charge is 0.462 e. The molecule has 0 aromatic carbocycles. The van der Waals surface area contributed by atoms with Gasteiger partial charge in [0.05, 0.1) is 49.0 Å². The van der Waals surface area contributed by atoms with Crippen molar-refractivity contribution in [1.29, 1.82) is 0 Å². The fraction of sp³-hybridized carbons (Fsp3) is 0.898. The molecule has 0 radical (unpaired) electrons. The van der Waals surface area contributed by atoms with Crippen molar-refractivity contribution >= 4 is 11.9 Å². The number of carbonyl (C=O) groups is 2. The molecule has 23 nitrogen and oxygen atoms in total. The first-order valence-corrected chi connectivity index (χ1v) is 29.7. The van der Waals surface area contributed by atoms with E-state index < -0.39 is 163 Å². The van der Waals surface area contributed by atoms with E-state index in [2.05, 4.69) is 40.7 Å². The number of hydrogen-bond acceptors (Lipinski definition) is 23. The number of aliphatic hydroxyl groups excluding tert-OH is 9. The summed E-state index contributed by atoms with van der Waals surface area (Å²) in [6.07, 6.45) is -15.8. The molecule has 5 aliphatic heterocycles. The first kappa shape index (κ1) is 64.1. The van der Waals surface area contributed by atoms with Crippen LogP contribution in [0.25, 0.3) is 0 Å². The topological polar surface area (TPSA) is 327 Å². The average molecular weight is 1170 g/mol. The van der Waals surface area contributed by atoms with E-state index in [-0.39, 0.29) is 42.4 Å². The lowest BCUT2D eigenvalue weighted by molar-refractivity contribution is -0.387. The van der Waals surface area contributed by atoms with Gasteiger partial charge < -0.3 is 103 Å². The van der Waals surface area contributed by atoms with Gasteiger partial charge in [0.25, 0.3) is 0 Å². The lowest BCUT2D eigenvalue weighted by Crippen LogP contribution is -2.66. The van der Waals surface area contributed by atoms with Gasteiger partial charge in [-0.2, -0.15) is 0 Å². The van der Waals surface area contributed by atoms with Crippen LogP contribution in [0, 0.1) is 39.4 Å². The molecule has 1 spiro atoms. The number of unbranched alkanes of at least 4 members (excludes halogenated alkanes) is 1. The number of esters is 2. The Hall–Kier alpha value is -2.34. The fourth-order valence-electron chi connectivity index (χ4n) is 16.5. The molecule has 5 saturated heterocycles. The van der Waals surface area contributed by atoms with E-state index in [1.807, 2.05) is 32.9 Å². The van der Waals surface area contributed by atoms with Gasteiger partial charge in [-0.3, -0.25) is 9.59 Å². The van der Waals surface area contributed by atoms with Crippen LogP contribution in [0.4, 0.5) is 0 Å². The van der Waals surface area contributed by atoms with Gasteiger partial charge in [-0.05, 0) is 95.3 Å². The fourth-order valence-corrected chi connectivity index (χ4v) is 16.5. The first-order valence-electron chi connectivity index (χ1n) is 29.7. The Morgan fingerprint density at radius 3 is 2.12 bits per heavy atom. The highest BCUT2D eigenvalue weighted by Crippen LogP contribution is 2.76. The minimum Gasteiger partial charge on any atom is -0.462 e. The van der Waals surface area contributed by atoms with Crippen molar-refractivity contribution in [2.75, 3.05) is 33.5 Å². The summed E-state index contributed by atoms with van der Waals surface area (Å²) in [5.41, 5.74) is -2.61. The Bertz CT molecular complexity index is 2300. The third-order valence-electron chi connectivity index (χ3n) is 20.8. The maximum Gasteiger partial charge on any atom is 0.314 e. The summed E-state index contributed by atoms with van der Waals surface area (Å²) in [6, 6.07) is 0. The Balaban J connectivity index is 0.884. The summed E-state index contributed by atoms with van der Waals surface area (Å²) >= 11 is 0. The normalized spacial score (nSPS) is 49.3. The van der Waals surface area contributed by atoms with Gasteiger partial charge in [0, 0.05) is 32.5 Å². The maximum absolute atomic E-state index is 14.8. The van der Waals surface area contributed by atoms with E-state index in [1.165, 1.54) is 26.5 Å². The van der Waals surface area contributed by atoms with Gasteiger partial charge >= 0.3 is 11.9 Å². The molecule has 27 atom stereocenters. The third-order valence-corrected chi connectivity index (χ3v) is 20.8. The molecular weight excluding hydrogens is 1080 g/mol. The van der Waals surface area contributed by atoms with Crippen molar-refractivity contribution in [1.82, 2.24) is 0 Å². The van der Waals surface area contributed by atoms with E-state index in [0.29, 0.717) is 38.7 Å². The van der Waals surface area contributed by atoms with Crippen LogP contribution in [0.1, 0.15) is 127 Å². The molecule has 8 fully saturated rings. The van der Waals surface area contributed by atoms with Crippen molar-refractivity contribution in [3.63, 3.8) is 0 Å². The molecule has 0 aromatic rings. The van der Waals surface area contributed by atoms with Gasteiger partial charge in [0.2, 0.25) is 0 Å². The lowest BCUT2D eigenvalue weighted by atomic mass is 9.41. The second-order valence-corrected chi connectivity index (χ2v) is 26.7. The van der Waals surface area contributed by atoms with Crippen LogP contribution in [0.15, 0.2) is 23.8 Å². The van der Waals surface area contributed by atoms with Gasteiger partial charge in [-0.25, -0.2) is 0 Å².